The van der Waals surface area contributed by atoms with Gasteiger partial charge in [-0.25, -0.2) is 0 Å². The molecular formula is C14H17Br2N3O. The maximum absolute atomic E-state index is 5.49. The lowest BCUT2D eigenvalue weighted by Crippen LogP contribution is -2.30. The van der Waals surface area contributed by atoms with Crippen molar-refractivity contribution in [2.45, 2.75) is 12.6 Å². The van der Waals surface area contributed by atoms with Gasteiger partial charge >= 0.3 is 0 Å². The number of nitrogens with zero attached hydrogens (tertiary/aromatic N) is 2. The SMILES string of the molecule is CN(C)C(CNCc1ncc(Br)cc1Br)c1ccco1. The Morgan fingerprint density at radius 2 is 2.20 bits per heavy atom. The molecule has 0 fully saturated rings. The van der Waals surface area contributed by atoms with Gasteiger partial charge in [-0.05, 0) is 64.2 Å². The Kier molecular flexibility index (Phi) is 5.77. The molecule has 108 valence electrons. The fourth-order valence-corrected chi connectivity index (χ4v) is 3.05. The molecule has 0 radical (unpaired) electrons. The van der Waals surface area contributed by atoms with E-state index in [2.05, 4.69) is 47.1 Å². The van der Waals surface area contributed by atoms with Crippen LogP contribution < -0.4 is 5.32 Å². The van der Waals surface area contributed by atoms with Crippen LogP contribution in [0.25, 0.3) is 0 Å². The minimum atomic E-state index is 0.208. The summed E-state index contributed by atoms with van der Waals surface area (Å²) in [6.07, 6.45) is 3.51. The van der Waals surface area contributed by atoms with E-state index in [0.717, 1.165) is 26.9 Å². The van der Waals surface area contributed by atoms with Crippen LogP contribution in [0.3, 0.4) is 0 Å². The van der Waals surface area contributed by atoms with Crippen molar-refractivity contribution in [1.82, 2.24) is 15.2 Å². The van der Waals surface area contributed by atoms with Crippen LogP contribution in [0.15, 0.2) is 44.0 Å². The number of pyridine rings is 1. The van der Waals surface area contributed by atoms with Crippen LogP contribution in [0.4, 0.5) is 0 Å². The van der Waals surface area contributed by atoms with Gasteiger partial charge in [-0.2, -0.15) is 0 Å². The van der Waals surface area contributed by atoms with Crippen molar-refractivity contribution in [2.24, 2.45) is 0 Å². The van der Waals surface area contributed by atoms with Gasteiger partial charge in [0.05, 0.1) is 18.0 Å². The van der Waals surface area contributed by atoms with Gasteiger partial charge in [0.2, 0.25) is 0 Å². The lowest BCUT2D eigenvalue weighted by molar-refractivity contribution is 0.250. The lowest BCUT2D eigenvalue weighted by Gasteiger charge is -2.22. The third-order valence-corrected chi connectivity index (χ3v) is 4.13. The molecule has 0 bridgehead atoms. The lowest BCUT2D eigenvalue weighted by atomic mass is 10.2. The van der Waals surface area contributed by atoms with Crippen LogP contribution in [0.2, 0.25) is 0 Å². The van der Waals surface area contributed by atoms with Crippen LogP contribution in [-0.2, 0) is 6.54 Å². The molecule has 0 amide bonds. The summed E-state index contributed by atoms with van der Waals surface area (Å²) in [4.78, 5) is 6.52. The molecule has 0 saturated heterocycles. The van der Waals surface area contributed by atoms with E-state index >= 15 is 0 Å². The Balaban J connectivity index is 1.94. The standard InChI is InChI=1S/C14H17Br2N3O/c1-19(2)13(14-4-3-5-20-14)9-17-8-12-11(16)6-10(15)7-18-12/h3-7,13,17H,8-9H2,1-2H3. The molecule has 2 heterocycles. The Bertz CT molecular complexity index is 543. The van der Waals surface area contributed by atoms with E-state index in [4.69, 9.17) is 4.42 Å². The van der Waals surface area contributed by atoms with E-state index in [0.29, 0.717) is 6.54 Å². The van der Waals surface area contributed by atoms with Crippen molar-refractivity contribution in [1.29, 1.82) is 0 Å². The second-order valence-corrected chi connectivity index (χ2v) is 6.48. The molecule has 1 N–H and O–H groups in total. The van der Waals surface area contributed by atoms with Crippen LogP contribution in [0, 0.1) is 0 Å². The Labute approximate surface area is 135 Å². The minimum Gasteiger partial charge on any atom is -0.468 e. The summed E-state index contributed by atoms with van der Waals surface area (Å²) in [5.74, 6) is 0.963. The largest absolute Gasteiger partial charge is 0.468 e. The molecule has 0 aliphatic rings. The second-order valence-electron chi connectivity index (χ2n) is 4.71. The summed E-state index contributed by atoms with van der Waals surface area (Å²) < 4.78 is 7.45. The van der Waals surface area contributed by atoms with Gasteiger partial charge in [-0.3, -0.25) is 9.88 Å². The summed E-state index contributed by atoms with van der Waals surface area (Å²) in [6, 6.07) is 6.12. The molecule has 0 saturated carbocycles. The third-order valence-electron chi connectivity index (χ3n) is 3.01. The Hall–Kier alpha value is -0.690. The number of nitrogens with one attached hydrogen (secondary N) is 1. The van der Waals surface area contributed by atoms with Crippen molar-refractivity contribution in [3.05, 3.63) is 51.1 Å². The van der Waals surface area contributed by atoms with E-state index in [-0.39, 0.29) is 6.04 Å². The number of furan rings is 1. The molecule has 2 aromatic heterocycles. The quantitative estimate of drug-likeness (QED) is 0.801. The molecule has 1 atom stereocenters. The molecule has 2 aromatic rings. The molecule has 1 unspecified atom stereocenters. The number of hydrogen-bond donors (Lipinski definition) is 1. The molecule has 0 aliphatic heterocycles. The van der Waals surface area contributed by atoms with E-state index in [1.165, 1.54) is 0 Å². The number of hydrogen-bond acceptors (Lipinski definition) is 4. The molecular weight excluding hydrogens is 386 g/mol. The predicted octanol–water partition coefficient (Wildman–Crippen LogP) is 3.59. The zero-order valence-corrected chi connectivity index (χ0v) is 14.6. The first-order valence-electron chi connectivity index (χ1n) is 6.28. The Morgan fingerprint density at radius 1 is 1.40 bits per heavy atom. The average molecular weight is 403 g/mol. The van der Waals surface area contributed by atoms with E-state index in [9.17, 15) is 0 Å². The summed E-state index contributed by atoms with van der Waals surface area (Å²) in [5, 5.41) is 3.42. The van der Waals surface area contributed by atoms with Gasteiger partial charge in [0.15, 0.2) is 0 Å². The molecule has 4 nitrogen and oxygen atoms in total. The summed E-state index contributed by atoms with van der Waals surface area (Å²) in [5.41, 5.74) is 0.991. The average Bonchev–Trinajstić information content (AvgIpc) is 2.90. The van der Waals surface area contributed by atoms with Crippen molar-refractivity contribution in [3.8, 4) is 0 Å². The van der Waals surface area contributed by atoms with E-state index in [1.807, 2.05) is 32.3 Å². The highest BCUT2D eigenvalue weighted by molar-refractivity contribution is 9.11. The van der Waals surface area contributed by atoms with Crippen molar-refractivity contribution >= 4 is 31.9 Å². The number of halogens is 2. The molecule has 0 spiro atoms. The first-order valence-corrected chi connectivity index (χ1v) is 7.87. The second kappa shape index (κ2) is 7.36. The van der Waals surface area contributed by atoms with Crippen LogP contribution in [-0.4, -0.2) is 30.5 Å². The minimum absolute atomic E-state index is 0.208. The summed E-state index contributed by atoms with van der Waals surface area (Å²) >= 11 is 6.92. The van der Waals surface area contributed by atoms with Crippen LogP contribution in [0.1, 0.15) is 17.5 Å². The summed E-state index contributed by atoms with van der Waals surface area (Å²) in [6.45, 7) is 1.50. The van der Waals surface area contributed by atoms with Crippen LogP contribution in [0.5, 0.6) is 0 Å². The normalized spacial score (nSPS) is 12.8. The smallest absolute Gasteiger partial charge is 0.122 e. The fourth-order valence-electron chi connectivity index (χ4n) is 1.92. The number of aromatic nitrogens is 1. The van der Waals surface area contributed by atoms with Crippen molar-refractivity contribution < 1.29 is 4.42 Å². The fraction of sp³-hybridized carbons (Fsp3) is 0.357. The van der Waals surface area contributed by atoms with Gasteiger partial charge in [0.25, 0.3) is 0 Å². The summed E-state index contributed by atoms with van der Waals surface area (Å²) in [7, 11) is 4.09. The van der Waals surface area contributed by atoms with Gasteiger partial charge in [-0.1, -0.05) is 0 Å². The predicted molar refractivity (Wildman–Crippen MR) is 86.5 cm³/mol. The van der Waals surface area contributed by atoms with Gasteiger partial charge < -0.3 is 9.73 Å². The van der Waals surface area contributed by atoms with Crippen LogP contribution >= 0.6 is 31.9 Å². The van der Waals surface area contributed by atoms with Gasteiger partial charge in [0.1, 0.15) is 5.76 Å². The number of likely N-dealkylation sites (N-methyl/N-ethyl adjacent to an activating group) is 1. The maximum Gasteiger partial charge on any atom is 0.122 e. The third kappa shape index (κ3) is 4.15. The van der Waals surface area contributed by atoms with Gasteiger partial charge in [-0.15, -0.1) is 0 Å². The highest BCUT2D eigenvalue weighted by Gasteiger charge is 2.16. The topological polar surface area (TPSA) is 41.3 Å². The monoisotopic (exact) mass is 401 g/mol. The first kappa shape index (κ1) is 15.7. The number of rotatable bonds is 6. The van der Waals surface area contributed by atoms with Crippen molar-refractivity contribution in [3.63, 3.8) is 0 Å². The molecule has 0 aliphatic carbocycles. The first-order chi connectivity index (χ1) is 9.58. The molecule has 0 aromatic carbocycles. The molecule has 2 rings (SSSR count). The van der Waals surface area contributed by atoms with Crippen molar-refractivity contribution in [2.75, 3.05) is 20.6 Å². The van der Waals surface area contributed by atoms with Gasteiger partial charge in [0, 0.05) is 28.2 Å². The van der Waals surface area contributed by atoms with E-state index in [1.54, 1.807) is 12.5 Å². The van der Waals surface area contributed by atoms with E-state index < -0.39 is 0 Å². The Morgan fingerprint density at radius 3 is 2.80 bits per heavy atom. The highest BCUT2D eigenvalue weighted by atomic mass is 79.9. The molecule has 6 heteroatoms. The zero-order valence-electron chi connectivity index (χ0n) is 11.4. The molecule has 20 heavy (non-hydrogen) atoms. The maximum atomic E-state index is 5.49. The zero-order chi connectivity index (χ0) is 14.5. The highest BCUT2D eigenvalue weighted by Crippen LogP contribution is 2.20.